The summed E-state index contributed by atoms with van der Waals surface area (Å²) in [6, 6.07) is 6.88. The van der Waals surface area contributed by atoms with Gasteiger partial charge in [-0.25, -0.2) is 0 Å². The van der Waals surface area contributed by atoms with Gasteiger partial charge in [0.1, 0.15) is 11.6 Å². The summed E-state index contributed by atoms with van der Waals surface area (Å²) in [6.45, 7) is -0.155. The Morgan fingerprint density at radius 3 is 2.67 bits per heavy atom. The lowest BCUT2D eigenvalue weighted by Crippen LogP contribution is -2.19. The average Bonchev–Trinajstić information content (AvgIpc) is 2.85. The second kappa shape index (κ2) is 5.50. The molecule has 0 aliphatic carbocycles. The number of nitrogens with two attached hydrogens (primary N) is 1. The lowest BCUT2D eigenvalue weighted by Gasteiger charge is -2.03. The maximum absolute atomic E-state index is 10.5. The molecule has 1 amide bonds. The summed E-state index contributed by atoms with van der Waals surface area (Å²) >= 11 is 5.56. The van der Waals surface area contributed by atoms with Crippen molar-refractivity contribution in [1.29, 1.82) is 0 Å². The number of aromatic nitrogens is 2. The third kappa shape index (κ3) is 2.98. The molecule has 1 aromatic carbocycles. The van der Waals surface area contributed by atoms with E-state index in [0.717, 1.165) is 5.56 Å². The zero-order chi connectivity index (χ0) is 13.0. The molecule has 2 rings (SSSR count). The molecule has 18 heavy (non-hydrogen) atoms. The molecule has 1 aromatic heterocycles. The minimum Gasteiger partial charge on any atom is -0.484 e. The predicted octanol–water partition coefficient (Wildman–Crippen LogP) is 1.34. The highest BCUT2D eigenvalue weighted by Gasteiger charge is 2.07. The van der Waals surface area contributed by atoms with Crippen molar-refractivity contribution in [2.75, 3.05) is 6.61 Å². The van der Waals surface area contributed by atoms with Crippen molar-refractivity contribution >= 4 is 17.5 Å². The Bertz CT molecular complexity index is 539. The van der Waals surface area contributed by atoms with Crippen LogP contribution < -0.4 is 10.5 Å². The maximum Gasteiger partial charge on any atom is 0.255 e. The quantitative estimate of drug-likeness (QED) is 0.826. The summed E-state index contributed by atoms with van der Waals surface area (Å²) in [5.74, 6) is 1.00. The topological polar surface area (TPSA) is 91.2 Å². The highest BCUT2D eigenvalue weighted by Crippen LogP contribution is 2.20. The first-order valence-corrected chi connectivity index (χ1v) is 5.62. The van der Waals surface area contributed by atoms with Crippen molar-refractivity contribution in [2.45, 2.75) is 5.88 Å². The number of carbonyl (C=O) groups excluding carboxylic acids is 1. The largest absolute Gasteiger partial charge is 0.484 e. The SMILES string of the molecule is NC(=O)COc1ccc(-c2noc(CCl)n2)cc1. The first kappa shape index (κ1) is 12.4. The van der Waals surface area contributed by atoms with Gasteiger partial charge in [-0.05, 0) is 24.3 Å². The second-order valence-corrected chi connectivity index (χ2v) is 3.69. The predicted molar refractivity (Wildman–Crippen MR) is 64.0 cm³/mol. The van der Waals surface area contributed by atoms with Crippen molar-refractivity contribution in [3.05, 3.63) is 30.2 Å². The fourth-order valence-corrected chi connectivity index (χ4v) is 1.39. The van der Waals surface area contributed by atoms with E-state index in [1.807, 2.05) is 0 Å². The van der Waals surface area contributed by atoms with Gasteiger partial charge < -0.3 is 15.0 Å². The molecule has 1 heterocycles. The number of nitrogens with zero attached hydrogens (tertiary/aromatic N) is 2. The lowest BCUT2D eigenvalue weighted by molar-refractivity contribution is -0.119. The third-order valence-electron chi connectivity index (χ3n) is 2.08. The van der Waals surface area contributed by atoms with Gasteiger partial charge >= 0.3 is 0 Å². The van der Waals surface area contributed by atoms with Gasteiger partial charge in [-0.2, -0.15) is 4.98 Å². The summed E-state index contributed by atoms with van der Waals surface area (Å²) in [5.41, 5.74) is 5.74. The Kier molecular flexibility index (Phi) is 3.78. The number of hydrogen-bond acceptors (Lipinski definition) is 5. The van der Waals surface area contributed by atoms with Crippen LogP contribution >= 0.6 is 11.6 Å². The van der Waals surface area contributed by atoms with E-state index in [4.69, 9.17) is 26.6 Å². The Labute approximate surface area is 108 Å². The van der Waals surface area contributed by atoms with E-state index in [2.05, 4.69) is 10.1 Å². The number of halogens is 1. The van der Waals surface area contributed by atoms with E-state index < -0.39 is 5.91 Å². The van der Waals surface area contributed by atoms with Crippen LogP contribution in [0.1, 0.15) is 5.89 Å². The van der Waals surface area contributed by atoms with Gasteiger partial charge in [0.05, 0.1) is 0 Å². The van der Waals surface area contributed by atoms with Crippen molar-refractivity contribution in [2.24, 2.45) is 5.73 Å². The van der Waals surface area contributed by atoms with Gasteiger partial charge in [-0.3, -0.25) is 4.79 Å². The molecule has 6 nitrogen and oxygen atoms in total. The number of carbonyl (C=O) groups is 1. The molecule has 0 aliphatic rings. The average molecular weight is 268 g/mol. The first-order chi connectivity index (χ1) is 8.69. The molecule has 0 radical (unpaired) electrons. The summed E-state index contributed by atoms with van der Waals surface area (Å²) in [4.78, 5) is 14.6. The summed E-state index contributed by atoms with van der Waals surface area (Å²) < 4.78 is 10.0. The zero-order valence-corrected chi connectivity index (χ0v) is 10.1. The number of amides is 1. The van der Waals surface area contributed by atoms with Crippen LogP contribution in [-0.4, -0.2) is 22.7 Å². The van der Waals surface area contributed by atoms with Gasteiger partial charge in [0.25, 0.3) is 5.91 Å². The lowest BCUT2D eigenvalue weighted by atomic mass is 10.2. The molecule has 0 spiro atoms. The van der Waals surface area contributed by atoms with E-state index in [-0.39, 0.29) is 12.5 Å². The number of alkyl halides is 1. The van der Waals surface area contributed by atoms with Crippen LogP contribution in [0.2, 0.25) is 0 Å². The van der Waals surface area contributed by atoms with Gasteiger partial charge in [-0.15, -0.1) is 11.6 Å². The maximum atomic E-state index is 10.5. The van der Waals surface area contributed by atoms with E-state index >= 15 is 0 Å². The van der Waals surface area contributed by atoms with E-state index in [1.165, 1.54) is 0 Å². The van der Waals surface area contributed by atoms with E-state index in [0.29, 0.717) is 17.5 Å². The molecular formula is C11H10ClN3O3. The van der Waals surface area contributed by atoms with Crippen molar-refractivity contribution in [1.82, 2.24) is 10.1 Å². The fraction of sp³-hybridized carbons (Fsp3) is 0.182. The minimum atomic E-state index is -0.524. The normalized spacial score (nSPS) is 10.3. The molecule has 0 unspecified atom stereocenters. The molecule has 0 atom stereocenters. The van der Waals surface area contributed by atoms with Crippen molar-refractivity contribution in [3.63, 3.8) is 0 Å². The monoisotopic (exact) mass is 267 g/mol. The molecule has 2 N–H and O–H groups in total. The molecule has 0 saturated carbocycles. The number of hydrogen-bond donors (Lipinski definition) is 1. The molecule has 2 aromatic rings. The van der Waals surface area contributed by atoms with Crippen LogP contribution in [-0.2, 0) is 10.7 Å². The van der Waals surface area contributed by atoms with Crippen molar-refractivity contribution in [3.8, 4) is 17.1 Å². The Morgan fingerprint density at radius 2 is 2.11 bits per heavy atom. The molecule has 7 heteroatoms. The Morgan fingerprint density at radius 1 is 1.39 bits per heavy atom. The molecule has 0 bridgehead atoms. The molecule has 0 saturated heterocycles. The van der Waals surface area contributed by atoms with Crippen LogP contribution in [0.15, 0.2) is 28.8 Å². The smallest absolute Gasteiger partial charge is 0.255 e. The van der Waals surface area contributed by atoms with Gasteiger partial charge in [0.2, 0.25) is 11.7 Å². The summed E-state index contributed by atoms with van der Waals surface area (Å²) in [6.07, 6.45) is 0. The molecule has 0 aliphatic heterocycles. The zero-order valence-electron chi connectivity index (χ0n) is 9.30. The minimum absolute atomic E-state index is 0.155. The van der Waals surface area contributed by atoms with Crippen molar-refractivity contribution < 1.29 is 14.1 Å². The summed E-state index contributed by atoms with van der Waals surface area (Å²) in [7, 11) is 0. The number of primary amides is 1. The van der Waals surface area contributed by atoms with Gasteiger partial charge in [0, 0.05) is 5.56 Å². The molecule has 0 fully saturated rings. The highest BCUT2D eigenvalue weighted by atomic mass is 35.5. The van der Waals surface area contributed by atoms with Gasteiger partial charge in [-0.1, -0.05) is 5.16 Å². The van der Waals surface area contributed by atoms with E-state index in [1.54, 1.807) is 24.3 Å². The van der Waals surface area contributed by atoms with Crippen LogP contribution in [0.25, 0.3) is 11.4 Å². The standard InChI is InChI=1S/C11H10ClN3O3/c12-5-10-14-11(15-18-10)7-1-3-8(4-2-7)17-6-9(13)16/h1-4H,5-6H2,(H2,13,16). The van der Waals surface area contributed by atoms with Crippen LogP contribution in [0.4, 0.5) is 0 Å². The van der Waals surface area contributed by atoms with Crippen LogP contribution in [0, 0.1) is 0 Å². The summed E-state index contributed by atoms with van der Waals surface area (Å²) in [5, 5.41) is 3.78. The molecule has 94 valence electrons. The number of ether oxygens (including phenoxy) is 1. The Hall–Kier alpha value is -2.08. The van der Waals surface area contributed by atoms with Gasteiger partial charge in [0.15, 0.2) is 6.61 Å². The number of rotatable bonds is 5. The van der Waals surface area contributed by atoms with Crippen LogP contribution in [0.3, 0.4) is 0 Å². The highest BCUT2D eigenvalue weighted by molar-refractivity contribution is 6.16. The second-order valence-electron chi connectivity index (χ2n) is 3.42. The Balaban J connectivity index is 2.09. The molecular weight excluding hydrogens is 258 g/mol. The fourth-order valence-electron chi connectivity index (χ4n) is 1.28. The van der Waals surface area contributed by atoms with Crippen LogP contribution in [0.5, 0.6) is 5.75 Å². The van der Waals surface area contributed by atoms with E-state index in [9.17, 15) is 4.79 Å². The third-order valence-corrected chi connectivity index (χ3v) is 2.30. The number of benzene rings is 1. The first-order valence-electron chi connectivity index (χ1n) is 5.09.